The van der Waals surface area contributed by atoms with Gasteiger partial charge in [0.25, 0.3) is 0 Å². The van der Waals surface area contributed by atoms with Crippen LogP contribution in [0.4, 0.5) is 0 Å². The summed E-state index contributed by atoms with van der Waals surface area (Å²) < 4.78 is 0.718. The third-order valence-corrected chi connectivity index (χ3v) is 5.28. The lowest BCUT2D eigenvalue weighted by Gasteiger charge is -2.22. The molecule has 0 aliphatic rings. The van der Waals surface area contributed by atoms with Crippen molar-refractivity contribution in [2.75, 3.05) is 34.2 Å². The second kappa shape index (κ2) is 17.2. The van der Waals surface area contributed by atoms with Crippen molar-refractivity contribution in [1.82, 2.24) is 5.32 Å². The predicted molar refractivity (Wildman–Crippen MR) is 121 cm³/mol. The maximum absolute atomic E-state index is 11.8. The van der Waals surface area contributed by atoms with E-state index < -0.39 is 16.5 Å². The van der Waals surface area contributed by atoms with E-state index in [1.54, 1.807) is 0 Å². The van der Waals surface area contributed by atoms with E-state index in [1.807, 2.05) is 0 Å². The minimum absolute atomic E-state index is 0.157. The minimum atomic E-state index is -0.484. The van der Waals surface area contributed by atoms with Gasteiger partial charge in [-0.1, -0.05) is 51.4 Å². The van der Waals surface area contributed by atoms with E-state index in [9.17, 15) is 14.4 Å². The lowest BCUT2D eigenvalue weighted by atomic mass is 10.0. The van der Waals surface area contributed by atoms with Crippen molar-refractivity contribution >= 4 is 39.5 Å². The van der Waals surface area contributed by atoms with Gasteiger partial charge in [0, 0.05) is 12.8 Å². The number of quaternary nitrogens is 1. The molecule has 0 aliphatic carbocycles. The molecule has 1 N–H and O–H groups in total. The fraction of sp³-hybridized carbons (Fsp3) is 0.864. The van der Waals surface area contributed by atoms with E-state index in [0.29, 0.717) is 18.7 Å². The molecule has 0 aliphatic heterocycles. The van der Waals surface area contributed by atoms with Gasteiger partial charge >= 0.3 is 0 Å². The highest BCUT2D eigenvalue weighted by molar-refractivity contribution is 6.65. The van der Waals surface area contributed by atoms with Crippen LogP contribution in [0.1, 0.15) is 83.5 Å². The molecule has 0 aromatic carbocycles. The van der Waals surface area contributed by atoms with Crippen molar-refractivity contribution in [1.29, 1.82) is 0 Å². The van der Waals surface area contributed by atoms with E-state index in [4.69, 9.17) is 23.2 Å². The Kier molecular flexibility index (Phi) is 16.9. The summed E-state index contributed by atoms with van der Waals surface area (Å²) in [6, 6.07) is -0.484. The van der Waals surface area contributed by atoms with Gasteiger partial charge in [-0.25, -0.2) is 0 Å². The number of nitrogens with zero attached hydrogens (tertiary/aromatic N) is 1. The summed E-state index contributed by atoms with van der Waals surface area (Å²) in [6.45, 7) is 1.36. The number of carbonyl (C=O) groups is 3. The molecule has 0 fully saturated rings. The van der Waals surface area contributed by atoms with Crippen molar-refractivity contribution in [3.05, 3.63) is 0 Å². The third kappa shape index (κ3) is 20.6. The van der Waals surface area contributed by atoms with Gasteiger partial charge in [0.05, 0.1) is 27.2 Å². The zero-order valence-electron chi connectivity index (χ0n) is 18.6. The Bertz CT molecular complexity index is 479. The smallest absolute Gasteiger partial charge is 0.238 e. The molecule has 0 saturated heterocycles. The first-order chi connectivity index (χ1) is 13.6. The fourth-order valence-corrected chi connectivity index (χ4v) is 3.59. The Hall–Kier alpha value is -0.490. The molecule has 0 aromatic heterocycles. The van der Waals surface area contributed by atoms with Crippen molar-refractivity contribution in [3.63, 3.8) is 0 Å². The second-order valence-corrected chi connectivity index (χ2v) is 9.77. The molecule has 0 unspecified atom stereocenters. The highest BCUT2D eigenvalue weighted by Crippen LogP contribution is 2.12. The molecule has 5 nitrogen and oxygen atoms in total. The molecule has 0 radical (unpaired) electrons. The molecule has 29 heavy (non-hydrogen) atoms. The summed E-state index contributed by atoms with van der Waals surface area (Å²) in [7, 11) is 6.16. The molecule has 1 atom stereocenters. The molecule has 0 heterocycles. The SMILES string of the molecule is C[N+](C)(C)CC(=O)CCCCCCCCCCCCN[C@H](CCC(=O)Cl)C(=O)Cl. The first-order valence-electron chi connectivity index (χ1n) is 11.0. The highest BCUT2D eigenvalue weighted by Gasteiger charge is 2.16. The van der Waals surface area contributed by atoms with E-state index in [-0.39, 0.29) is 6.42 Å². The standard InChI is InChI=1S/C22H41Cl2N2O3/c1-26(2,3)18-19(27)14-12-10-8-6-4-5-7-9-11-13-17-25-20(22(24)29)15-16-21(23)28/h20,25H,4-18H2,1-3H3/q+1/t20-/m1/s1. The van der Waals surface area contributed by atoms with Gasteiger partial charge < -0.3 is 9.80 Å². The molecule has 0 amide bonds. The van der Waals surface area contributed by atoms with Gasteiger partial charge in [0.2, 0.25) is 10.5 Å². The molecular formula is C22H41Cl2N2O3+. The van der Waals surface area contributed by atoms with Crippen LogP contribution < -0.4 is 5.32 Å². The van der Waals surface area contributed by atoms with Crippen LogP contribution in [-0.2, 0) is 14.4 Å². The summed E-state index contributed by atoms with van der Waals surface area (Å²) in [5, 5.41) is 2.21. The first-order valence-corrected chi connectivity index (χ1v) is 11.8. The van der Waals surface area contributed by atoms with Crippen molar-refractivity contribution in [3.8, 4) is 0 Å². The number of ketones is 1. The maximum Gasteiger partial charge on any atom is 0.238 e. The number of hydrogen-bond donors (Lipinski definition) is 1. The number of rotatable bonds is 20. The second-order valence-electron chi connectivity index (χ2n) is 8.98. The highest BCUT2D eigenvalue weighted by atomic mass is 35.5. The molecule has 0 bridgehead atoms. The number of nitrogens with one attached hydrogen (secondary N) is 1. The lowest BCUT2D eigenvalue weighted by Crippen LogP contribution is -2.39. The monoisotopic (exact) mass is 451 g/mol. The van der Waals surface area contributed by atoms with Crippen LogP contribution >= 0.6 is 23.2 Å². The van der Waals surface area contributed by atoms with E-state index in [0.717, 1.165) is 43.1 Å². The molecule has 0 aromatic rings. The molecule has 170 valence electrons. The number of halogens is 2. The zero-order chi connectivity index (χ0) is 22.1. The fourth-order valence-electron chi connectivity index (χ4n) is 3.30. The van der Waals surface area contributed by atoms with Gasteiger partial charge in [0.15, 0.2) is 5.78 Å². The normalized spacial score (nSPS) is 12.7. The van der Waals surface area contributed by atoms with Crippen molar-refractivity contribution in [2.24, 2.45) is 0 Å². The van der Waals surface area contributed by atoms with E-state index in [1.165, 1.54) is 38.5 Å². The van der Waals surface area contributed by atoms with Crippen LogP contribution in [0, 0.1) is 0 Å². The summed E-state index contributed by atoms with van der Waals surface area (Å²) >= 11 is 10.8. The largest absolute Gasteiger partial charge is 0.325 e. The molecule has 0 saturated carbocycles. The third-order valence-electron chi connectivity index (χ3n) is 4.83. The molecular weight excluding hydrogens is 411 g/mol. The Balaban J connectivity index is 3.44. The van der Waals surface area contributed by atoms with E-state index >= 15 is 0 Å². The van der Waals surface area contributed by atoms with Crippen LogP contribution in [0.3, 0.4) is 0 Å². The van der Waals surface area contributed by atoms with Crippen LogP contribution in [0.25, 0.3) is 0 Å². The summed E-state index contributed by atoms with van der Waals surface area (Å²) in [6.07, 6.45) is 13.0. The Labute approximate surface area is 187 Å². The first kappa shape index (κ1) is 28.5. The number of unbranched alkanes of at least 4 members (excludes halogenated alkanes) is 9. The van der Waals surface area contributed by atoms with Crippen LogP contribution in [-0.4, -0.2) is 61.0 Å². The minimum Gasteiger partial charge on any atom is -0.325 e. The summed E-state index contributed by atoms with van der Waals surface area (Å²) in [5.74, 6) is 0.376. The van der Waals surface area contributed by atoms with Gasteiger partial charge in [-0.3, -0.25) is 14.4 Å². The van der Waals surface area contributed by atoms with Gasteiger partial charge in [0.1, 0.15) is 6.54 Å². The molecule has 0 spiro atoms. The molecule has 0 rings (SSSR count). The number of carbonyl (C=O) groups excluding carboxylic acids is 3. The van der Waals surface area contributed by atoms with Crippen LogP contribution in [0.2, 0.25) is 0 Å². The number of hydrogen-bond acceptors (Lipinski definition) is 4. The Morgan fingerprint density at radius 2 is 1.24 bits per heavy atom. The Morgan fingerprint density at radius 1 is 0.759 bits per heavy atom. The Morgan fingerprint density at radius 3 is 1.69 bits per heavy atom. The maximum atomic E-state index is 11.8. The van der Waals surface area contributed by atoms with Gasteiger partial charge in [-0.05, 0) is 49.0 Å². The van der Waals surface area contributed by atoms with Crippen molar-refractivity contribution < 1.29 is 18.9 Å². The quantitative estimate of drug-likeness (QED) is 0.163. The predicted octanol–water partition coefficient (Wildman–Crippen LogP) is 4.82. The van der Waals surface area contributed by atoms with Gasteiger partial charge in [-0.15, -0.1) is 0 Å². The van der Waals surface area contributed by atoms with E-state index in [2.05, 4.69) is 26.5 Å². The lowest BCUT2D eigenvalue weighted by molar-refractivity contribution is -0.862. The van der Waals surface area contributed by atoms with Crippen LogP contribution in [0.5, 0.6) is 0 Å². The zero-order valence-corrected chi connectivity index (χ0v) is 20.1. The summed E-state index contributed by atoms with van der Waals surface area (Å²) in [5.41, 5.74) is 0. The van der Waals surface area contributed by atoms with Crippen LogP contribution in [0.15, 0.2) is 0 Å². The molecule has 7 heteroatoms. The summed E-state index contributed by atoms with van der Waals surface area (Å²) in [4.78, 5) is 33.9. The topological polar surface area (TPSA) is 63.2 Å². The number of likely N-dealkylation sites (N-methyl/N-ethyl adjacent to an activating group) is 1. The van der Waals surface area contributed by atoms with Crippen molar-refractivity contribution in [2.45, 2.75) is 89.5 Å². The number of Topliss-reactive ketones (excluding diaryl/α,β-unsaturated/α-hetero) is 1. The van der Waals surface area contributed by atoms with Gasteiger partial charge in [-0.2, -0.15) is 0 Å². The average Bonchev–Trinajstić information content (AvgIpc) is 2.59. The average molecular weight is 452 g/mol.